The zero-order valence-corrected chi connectivity index (χ0v) is 19.3. The third-order valence-electron chi connectivity index (χ3n) is 5.39. The monoisotopic (exact) mass is 460 g/mol. The first-order chi connectivity index (χ1) is 16.5. The van der Waals surface area contributed by atoms with E-state index >= 15 is 0 Å². The number of ketones is 1. The highest BCUT2D eigenvalue weighted by molar-refractivity contribution is 6.18. The van der Waals surface area contributed by atoms with E-state index in [-0.39, 0.29) is 11.7 Å². The molecule has 0 N–H and O–H groups in total. The zero-order chi connectivity index (χ0) is 24.2. The molecule has 0 fully saturated rings. The number of pyridine rings is 1. The summed E-state index contributed by atoms with van der Waals surface area (Å²) in [7, 11) is 4.47. The standard InChI is InChI=1S/C26H24N2O6/c1-5-34-18-8-9-19-20(15-28(21(19)13-18)26(30)16-7-6-10-27-14-16)24(29)17-11-22(31-2)25(33-4)23(12-17)32-3/h6-15H,5H2,1-4H3. The second-order valence-corrected chi connectivity index (χ2v) is 7.31. The highest BCUT2D eigenvalue weighted by Gasteiger charge is 2.23. The van der Waals surface area contributed by atoms with E-state index < -0.39 is 0 Å². The number of aromatic nitrogens is 2. The van der Waals surface area contributed by atoms with Crippen molar-refractivity contribution in [2.24, 2.45) is 0 Å². The molecule has 0 saturated carbocycles. The number of hydrogen-bond donors (Lipinski definition) is 0. The molecule has 0 spiro atoms. The van der Waals surface area contributed by atoms with Gasteiger partial charge in [-0.15, -0.1) is 0 Å². The van der Waals surface area contributed by atoms with Gasteiger partial charge in [0.05, 0.1) is 39.0 Å². The van der Waals surface area contributed by atoms with Crippen LogP contribution in [0.4, 0.5) is 0 Å². The topological polar surface area (TPSA) is 88.9 Å². The van der Waals surface area contributed by atoms with Crippen LogP contribution in [0.3, 0.4) is 0 Å². The Bertz CT molecular complexity index is 1340. The maximum Gasteiger partial charge on any atom is 0.263 e. The lowest BCUT2D eigenvalue weighted by atomic mass is 10.0. The van der Waals surface area contributed by atoms with Crippen LogP contribution in [0.15, 0.2) is 61.1 Å². The molecule has 0 aliphatic carbocycles. The Morgan fingerprint density at radius 2 is 1.68 bits per heavy atom. The molecule has 0 radical (unpaired) electrons. The molecule has 174 valence electrons. The van der Waals surface area contributed by atoms with E-state index in [1.54, 1.807) is 54.9 Å². The number of methoxy groups -OCH3 is 3. The maximum atomic E-state index is 13.7. The number of rotatable bonds is 8. The van der Waals surface area contributed by atoms with Crippen molar-refractivity contribution in [3.05, 3.63) is 77.7 Å². The van der Waals surface area contributed by atoms with Crippen molar-refractivity contribution < 1.29 is 28.5 Å². The maximum absolute atomic E-state index is 13.7. The summed E-state index contributed by atoms with van der Waals surface area (Å²) in [5.41, 5.74) is 1.63. The van der Waals surface area contributed by atoms with Crippen molar-refractivity contribution in [3.63, 3.8) is 0 Å². The van der Waals surface area contributed by atoms with Crippen molar-refractivity contribution in [3.8, 4) is 23.0 Å². The Hall–Kier alpha value is -4.33. The highest BCUT2D eigenvalue weighted by Crippen LogP contribution is 2.39. The molecule has 0 atom stereocenters. The van der Waals surface area contributed by atoms with Gasteiger partial charge in [0, 0.05) is 41.2 Å². The molecule has 2 aromatic carbocycles. The van der Waals surface area contributed by atoms with E-state index in [9.17, 15) is 9.59 Å². The van der Waals surface area contributed by atoms with E-state index in [0.29, 0.717) is 57.2 Å². The molecule has 0 amide bonds. The van der Waals surface area contributed by atoms with Gasteiger partial charge in [-0.05, 0) is 43.3 Å². The molecule has 8 heteroatoms. The van der Waals surface area contributed by atoms with Crippen LogP contribution in [0.2, 0.25) is 0 Å². The Balaban J connectivity index is 1.89. The smallest absolute Gasteiger partial charge is 0.263 e. The molecule has 34 heavy (non-hydrogen) atoms. The molecule has 2 aromatic heterocycles. The first kappa shape index (κ1) is 22.8. The molecule has 4 rings (SSSR count). The first-order valence-corrected chi connectivity index (χ1v) is 10.6. The second-order valence-electron chi connectivity index (χ2n) is 7.31. The minimum absolute atomic E-state index is 0.300. The predicted octanol–water partition coefficient (Wildman–Crippen LogP) is 4.38. The fourth-order valence-electron chi connectivity index (χ4n) is 3.81. The van der Waals surface area contributed by atoms with Crippen LogP contribution in [0.5, 0.6) is 23.0 Å². The molecule has 0 bridgehead atoms. The van der Waals surface area contributed by atoms with E-state index in [1.807, 2.05) is 6.92 Å². The van der Waals surface area contributed by atoms with Gasteiger partial charge in [-0.2, -0.15) is 0 Å². The van der Waals surface area contributed by atoms with Crippen molar-refractivity contribution in [1.82, 2.24) is 9.55 Å². The number of hydrogen-bond acceptors (Lipinski definition) is 7. The third kappa shape index (κ3) is 4.05. The Morgan fingerprint density at radius 1 is 0.941 bits per heavy atom. The van der Waals surface area contributed by atoms with Gasteiger partial charge in [-0.3, -0.25) is 19.1 Å². The van der Waals surface area contributed by atoms with Gasteiger partial charge in [-0.25, -0.2) is 0 Å². The summed E-state index contributed by atoms with van der Waals surface area (Å²) in [5, 5.41) is 0.611. The van der Waals surface area contributed by atoms with Gasteiger partial charge < -0.3 is 18.9 Å². The summed E-state index contributed by atoms with van der Waals surface area (Å²) < 4.78 is 23.2. The largest absolute Gasteiger partial charge is 0.494 e. The molecule has 8 nitrogen and oxygen atoms in total. The van der Waals surface area contributed by atoms with E-state index in [1.165, 1.54) is 32.1 Å². The van der Waals surface area contributed by atoms with Gasteiger partial charge >= 0.3 is 0 Å². The van der Waals surface area contributed by atoms with Crippen molar-refractivity contribution in [2.75, 3.05) is 27.9 Å². The van der Waals surface area contributed by atoms with Crippen LogP contribution in [0.25, 0.3) is 10.9 Å². The lowest BCUT2D eigenvalue weighted by Crippen LogP contribution is -2.11. The fraction of sp³-hybridized carbons (Fsp3) is 0.192. The summed E-state index contributed by atoms with van der Waals surface area (Å²) in [6.45, 7) is 2.35. The molecule has 2 heterocycles. The summed E-state index contributed by atoms with van der Waals surface area (Å²) in [6, 6.07) is 11.8. The molecule has 4 aromatic rings. The average molecular weight is 460 g/mol. The Morgan fingerprint density at radius 3 is 2.26 bits per heavy atom. The van der Waals surface area contributed by atoms with E-state index in [4.69, 9.17) is 18.9 Å². The Labute approximate surface area is 196 Å². The number of ether oxygens (including phenoxy) is 4. The Kier molecular flexibility index (Phi) is 6.49. The number of benzene rings is 2. The SMILES string of the molecule is CCOc1ccc2c(C(=O)c3cc(OC)c(OC)c(OC)c3)cn(C(=O)c3cccnc3)c2c1. The van der Waals surface area contributed by atoms with Crippen LogP contribution >= 0.6 is 0 Å². The van der Waals surface area contributed by atoms with Crippen LogP contribution in [0, 0.1) is 0 Å². The molecular formula is C26H24N2O6. The summed E-state index contributed by atoms with van der Waals surface area (Å²) in [4.78, 5) is 31.0. The van der Waals surface area contributed by atoms with Gasteiger partial charge in [0.2, 0.25) is 5.75 Å². The number of fused-ring (bicyclic) bond motifs is 1. The quantitative estimate of drug-likeness (QED) is 0.361. The van der Waals surface area contributed by atoms with Gasteiger partial charge in [-0.1, -0.05) is 0 Å². The molecule has 0 aliphatic heterocycles. The zero-order valence-electron chi connectivity index (χ0n) is 19.3. The van der Waals surface area contributed by atoms with Crippen LogP contribution in [0.1, 0.15) is 33.2 Å². The summed E-state index contributed by atoms with van der Waals surface area (Å²) in [5.74, 6) is 1.09. The van der Waals surface area contributed by atoms with Crippen LogP contribution in [-0.2, 0) is 0 Å². The van der Waals surface area contributed by atoms with Crippen molar-refractivity contribution in [1.29, 1.82) is 0 Å². The minimum atomic E-state index is -0.310. The van der Waals surface area contributed by atoms with E-state index in [0.717, 1.165) is 0 Å². The van der Waals surface area contributed by atoms with Crippen molar-refractivity contribution in [2.45, 2.75) is 6.92 Å². The molecular weight excluding hydrogens is 436 g/mol. The van der Waals surface area contributed by atoms with Gasteiger partial charge in [0.15, 0.2) is 17.3 Å². The summed E-state index contributed by atoms with van der Waals surface area (Å²) in [6.07, 6.45) is 4.62. The van der Waals surface area contributed by atoms with Gasteiger partial charge in [0.25, 0.3) is 5.91 Å². The predicted molar refractivity (Wildman–Crippen MR) is 127 cm³/mol. The second kappa shape index (κ2) is 9.66. The van der Waals surface area contributed by atoms with Gasteiger partial charge in [0.1, 0.15) is 5.75 Å². The summed E-state index contributed by atoms with van der Waals surface area (Å²) >= 11 is 0. The fourth-order valence-corrected chi connectivity index (χ4v) is 3.81. The highest BCUT2D eigenvalue weighted by atomic mass is 16.5. The van der Waals surface area contributed by atoms with Crippen LogP contribution < -0.4 is 18.9 Å². The lowest BCUT2D eigenvalue weighted by molar-refractivity contribution is 0.0964. The third-order valence-corrected chi connectivity index (χ3v) is 5.39. The van der Waals surface area contributed by atoms with E-state index in [2.05, 4.69) is 4.98 Å². The lowest BCUT2D eigenvalue weighted by Gasteiger charge is -2.13. The van der Waals surface area contributed by atoms with Crippen molar-refractivity contribution >= 4 is 22.6 Å². The normalized spacial score (nSPS) is 10.7. The molecule has 0 unspecified atom stereocenters. The first-order valence-electron chi connectivity index (χ1n) is 10.6. The number of carbonyl (C=O) groups is 2. The molecule has 0 aliphatic rings. The number of nitrogens with zero attached hydrogens (tertiary/aromatic N) is 2. The minimum Gasteiger partial charge on any atom is -0.494 e. The van der Waals surface area contributed by atoms with Crippen LogP contribution in [-0.4, -0.2) is 49.2 Å². The number of carbonyl (C=O) groups excluding carboxylic acids is 2. The molecule has 0 saturated heterocycles. The average Bonchev–Trinajstić information content (AvgIpc) is 3.26.